The fourth-order valence-corrected chi connectivity index (χ4v) is 1.16. The average molecular weight is 222 g/mol. The van der Waals surface area contributed by atoms with Crippen LogP contribution in [-0.4, -0.2) is 43.0 Å². The molecule has 5 heteroatoms. The predicted molar refractivity (Wildman–Crippen MR) is 65.6 cm³/mol. The second kappa shape index (κ2) is 5.95. The minimum Gasteiger partial charge on any atom is -0.387 e. The van der Waals surface area contributed by atoms with Crippen LogP contribution in [0.25, 0.3) is 0 Å². The Balaban J connectivity index is 2.51. The summed E-state index contributed by atoms with van der Waals surface area (Å²) >= 11 is 0. The molecule has 5 nitrogen and oxygen atoms in total. The molecule has 0 saturated carbocycles. The van der Waals surface area contributed by atoms with Gasteiger partial charge in [-0.1, -0.05) is 0 Å². The maximum absolute atomic E-state index is 11.5. The van der Waals surface area contributed by atoms with E-state index in [1.54, 1.807) is 24.3 Å². The van der Waals surface area contributed by atoms with E-state index in [1.807, 2.05) is 20.0 Å². The summed E-state index contributed by atoms with van der Waals surface area (Å²) < 4.78 is 0. The number of pyridine rings is 1. The monoisotopic (exact) mass is 222 g/mol. The van der Waals surface area contributed by atoms with E-state index in [0.717, 1.165) is 17.9 Å². The van der Waals surface area contributed by atoms with E-state index in [9.17, 15) is 4.79 Å². The highest BCUT2D eigenvalue weighted by Crippen LogP contribution is 2.11. The summed E-state index contributed by atoms with van der Waals surface area (Å²) in [5.41, 5.74) is 1.76. The van der Waals surface area contributed by atoms with E-state index in [1.165, 1.54) is 0 Å². The maximum atomic E-state index is 11.5. The zero-order valence-electron chi connectivity index (χ0n) is 9.95. The van der Waals surface area contributed by atoms with Crippen LogP contribution in [-0.2, 0) is 4.79 Å². The van der Waals surface area contributed by atoms with Crippen molar-refractivity contribution in [1.29, 1.82) is 0 Å². The fourth-order valence-electron chi connectivity index (χ4n) is 1.16. The molecule has 0 saturated heterocycles. The summed E-state index contributed by atoms with van der Waals surface area (Å²) in [6.07, 6.45) is 3.42. The molecular formula is C11H18N4O. The molecule has 2 N–H and O–H groups in total. The molecule has 1 aromatic heterocycles. The van der Waals surface area contributed by atoms with Crippen LogP contribution in [0.3, 0.4) is 0 Å². The van der Waals surface area contributed by atoms with Gasteiger partial charge in [0.1, 0.15) is 0 Å². The molecule has 0 aliphatic heterocycles. The Bertz CT molecular complexity index is 354. The Morgan fingerprint density at radius 1 is 1.44 bits per heavy atom. The second-order valence-electron chi connectivity index (χ2n) is 3.47. The molecule has 1 rings (SSSR count). The smallest absolute Gasteiger partial charge is 0.241 e. The van der Waals surface area contributed by atoms with Crippen molar-refractivity contribution in [1.82, 2.24) is 9.88 Å². The Kier molecular flexibility index (Phi) is 4.57. The van der Waals surface area contributed by atoms with Crippen LogP contribution in [0.5, 0.6) is 0 Å². The molecule has 0 aromatic carbocycles. The zero-order chi connectivity index (χ0) is 12.0. The Morgan fingerprint density at radius 3 is 2.75 bits per heavy atom. The van der Waals surface area contributed by atoms with Crippen molar-refractivity contribution in [2.75, 3.05) is 37.8 Å². The number of amides is 1. The molecule has 0 bridgehead atoms. The third-order valence-electron chi connectivity index (χ3n) is 2.37. The van der Waals surface area contributed by atoms with E-state index < -0.39 is 0 Å². The molecule has 1 amide bonds. The summed E-state index contributed by atoms with van der Waals surface area (Å²) in [4.78, 5) is 17.2. The minimum absolute atomic E-state index is 0.0670. The highest BCUT2D eigenvalue weighted by molar-refractivity contribution is 5.80. The van der Waals surface area contributed by atoms with Crippen molar-refractivity contribution in [2.45, 2.75) is 6.92 Å². The molecule has 0 atom stereocenters. The summed E-state index contributed by atoms with van der Waals surface area (Å²) in [6.45, 7) is 2.95. The highest BCUT2D eigenvalue weighted by Gasteiger charge is 2.05. The molecule has 0 aliphatic carbocycles. The first-order valence-corrected chi connectivity index (χ1v) is 5.28. The van der Waals surface area contributed by atoms with Crippen molar-refractivity contribution in [3.05, 3.63) is 18.5 Å². The summed E-state index contributed by atoms with van der Waals surface area (Å²) in [7, 11) is 3.61. The van der Waals surface area contributed by atoms with Gasteiger partial charge in [-0.05, 0) is 13.0 Å². The number of hydrogen-bond acceptors (Lipinski definition) is 4. The average Bonchev–Trinajstić information content (AvgIpc) is 2.35. The van der Waals surface area contributed by atoms with Crippen LogP contribution in [0.15, 0.2) is 18.5 Å². The topological polar surface area (TPSA) is 57.3 Å². The summed E-state index contributed by atoms with van der Waals surface area (Å²) in [5, 5.41) is 6.03. The Morgan fingerprint density at radius 2 is 2.12 bits per heavy atom. The van der Waals surface area contributed by atoms with Crippen LogP contribution in [0.4, 0.5) is 11.4 Å². The lowest BCUT2D eigenvalue weighted by Crippen LogP contribution is -2.31. The van der Waals surface area contributed by atoms with Gasteiger partial charge >= 0.3 is 0 Å². The largest absolute Gasteiger partial charge is 0.387 e. The van der Waals surface area contributed by atoms with Gasteiger partial charge in [0.15, 0.2) is 0 Å². The molecule has 0 unspecified atom stereocenters. The van der Waals surface area contributed by atoms with Gasteiger partial charge in [0.05, 0.1) is 30.3 Å². The number of hydrogen-bond donors (Lipinski definition) is 2. The van der Waals surface area contributed by atoms with Crippen LogP contribution in [0.2, 0.25) is 0 Å². The summed E-state index contributed by atoms with van der Waals surface area (Å²) in [6, 6.07) is 1.91. The van der Waals surface area contributed by atoms with Crippen molar-refractivity contribution < 1.29 is 4.79 Å². The lowest BCUT2D eigenvalue weighted by atomic mass is 10.3. The Labute approximate surface area is 95.9 Å². The minimum atomic E-state index is 0.0670. The van der Waals surface area contributed by atoms with Gasteiger partial charge < -0.3 is 15.5 Å². The van der Waals surface area contributed by atoms with Crippen molar-refractivity contribution in [3.8, 4) is 0 Å². The van der Waals surface area contributed by atoms with Gasteiger partial charge in [0, 0.05) is 20.6 Å². The number of rotatable bonds is 5. The number of carbonyl (C=O) groups is 1. The Hall–Kier alpha value is -1.78. The molecule has 0 fully saturated rings. The first-order chi connectivity index (χ1) is 7.67. The third-order valence-corrected chi connectivity index (χ3v) is 2.37. The number of nitrogens with one attached hydrogen (secondary N) is 2. The van der Waals surface area contributed by atoms with Gasteiger partial charge in [-0.2, -0.15) is 0 Å². The second-order valence-corrected chi connectivity index (χ2v) is 3.47. The van der Waals surface area contributed by atoms with E-state index in [4.69, 9.17) is 0 Å². The zero-order valence-corrected chi connectivity index (χ0v) is 9.95. The molecule has 0 spiro atoms. The maximum Gasteiger partial charge on any atom is 0.241 e. The predicted octanol–water partition coefficient (Wildman–Crippen LogP) is 1.01. The number of likely N-dealkylation sites (N-methyl/N-ethyl adjacent to an activating group) is 1. The van der Waals surface area contributed by atoms with E-state index in [-0.39, 0.29) is 5.91 Å². The van der Waals surface area contributed by atoms with Gasteiger partial charge in [-0.15, -0.1) is 0 Å². The van der Waals surface area contributed by atoms with Crippen molar-refractivity contribution in [3.63, 3.8) is 0 Å². The van der Waals surface area contributed by atoms with Crippen molar-refractivity contribution in [2.24, 2.45) is 0 Å². The normalized spacial score (nSPS) is 9.69. The lowest BCUT2D eigenvalue weighted by molar-refractivity contribution is -0.127. The fraction of sp³-hybridized carbons (Fsp3) is 0.455. The molecule has 1 aromatic rings. The van der Waals surface area contributed by atoms with Crippen LogP contribution < -0.4 is 10.6 Å². The van der Waals surface area contributed by atoms with E-state index >= 15 is 0 Å². The van der Waals surface area contributed by atoms with Gasteiger partial charge in [0.25, 0.3) is 0 Å². The molecule has 1 heterocycles. The number of aromatic nitrogens is 1. The molecular weight excluding hydrogens is 204 g/mol. The molecule has 16 heavy (non-hydrogen) atoms. The van der Waals surface area contributed by atoms with Gasteiger partial charge in [0.2, 0.25) is 5.91 Å². The number of nitrogens with zero attached hydrogens (tertiary/aromatic N) is 2. The van der Waals surface area contributed by atoms with Crippen molar-refractivity contribution >= 4 is 17.3 Å². The number of anilines is 2. The lowest BCUT2D eigenvalue weighted by Gasteiger charge is -2.15. The van der Waals surface area contributed by atoms with Crippen LogP contribution in [0, 0.1) is 0 Å². The number of carbonyl (C=O) groups excluding carboxylic acids is 1. The first kappa shape index (κ1) is 12.3. The highest BCUT2D eigenvalue weighted by atomic mass is 16.2. The van der Waals surface area contributed by atoms with E-state index in [2.05, 4.69) is 15.6 Å². The molecule has 88 valence electrons. The standard InChI is InChI=1S/C11H18N4O/c1-4-15(3)11(16)8-14-10-5-9(12-2)6-13-7-10/h5-7,12,14H,4,8H2,1-3H3. The van der Waals surface area contributed by atoms with Gasteiger partial charge in [-0.3, -0.25) is 9.78 Å². The quantitative estimate of drug-likeness (QED) is 0.780. The molecule has 0 aliphatic rings. The van der Waals surface area contributed by atoms with Crippen LogP contribution >= 0.6 is 0 Å². The van der Waals surface area contributed by atoms with Gasteiger partial charge in [-0.25, -0.2) is 0 Å². The first-order valence-electron chi connectivity index (χ1n) is 5.28. The molecule has 0 radical (unpaired) electrons. The SMILES string of the molecule is CCN(C)C(=O)CNc1cncc(NC)c1. The van der Waals surface area contributed by atoms with Crippen LogP contribution in [0.1, 0.15) is 6.92 Å². The van der Waals surface area contributed by atoms with E-state index in [0.29, 0.717) is 6.54 Å². The summed E-state index contributed by atoms with van der Waals surface area (Å²) in [5.74, 6) is 0.0670. The third kappa shape index (κ3) is 3.42.